The largest absolute Gasteiger partial charge is 0.469 e. The Kier molecular flexibility index (Phi) is 11.4. The minimum Gasteiger partial charge on any atom is -0.469 e. The van der Waals surface area contributed by atoms with Crippen molar-refractivity contribution in [2.75, 3.05) is 26.9 Å². The Bertz CT molecular complexity index is 592. The molecule has 0 aromatic carbocycles. The summed E-state index contributed by atoms with van der Waals surface area (Å²) in [6.45, 7) is -0.987. The summed E-state index contributed by atoms with van der Waals surface area (Å²) in [6, 6.07) is 0. The number of aliphatic hydroxyl groups is 7. The molecule has 0 aromatic rings. The summed E-state index contributed by atoms with van der Waals surface area (Å²) >= 11 is 0. The lowest BCUT2D eigenvalue weighted by atomic mass is 9.77. The minimum atomic E-state index is -2.49. The first-order valence-electron chi connectivity index (χ1n) is 11.4. The second-order valence-corrected chi connectivity index (χ2v) is 8.63. The molecule has 9 atom stereocenters. The van der Waals surface area contributed by atoms with Crippen molar-refractivity contribution < 1.29 is 59.5 Å². The quantitative estimate of drug-likeness (QED) is 0.115. The van der Waals surface area contributed by atoms with Gasteiger partial charge in [0.2, 0.25) is 0 Å². The van der Waals surface area contributed by atoms with E-state index in [0.717, 1.165) is 32.1 Å². The van der Waals surface area contributed by atoms with Crippen LogP contribution >= 0.6 is 0 Å². The van der Waals surface area contributed by atoms with E-state index in [1.54, 1.807) is 0 Å². The van der Waals surface area contributed by atoms with Crippen LogP contribution in [0.4, 0.5) is 0 Å². The van der Waals surface area contributed by atoms with Crippen molar-refractivity contribution in [3.05, 3.63) is 0 Å². The molecule has 0 aliphatic carbocycles. The SMILES string of the molecule is COC(=O)CCCCCCCCO[C@H]1O[C@H](CO)[C@@H](O)[C@H](O)[C@]1(O)[C@@H]1OC[C@@H](O)[C@H](O)[C@H]1O. The Labute approximate surface area is 192 Å². The van der Waals surface area contributed by atoms with Crippen molar-refractivity contribution in [1.29, 1.82) is 0 Å². The number of ether oxygens (including phenoxy) is 4. The first-order valence-corrected chi connectivity index (χ1v) is 11.4. The van der Waals surface area contributed by atoms with Crippen LogP contribution in [-0.4, -0.2) is 123 Å². The monoisotopic (exact) mass is 482 g/mol. The fourth-order valence-corrected chi connectivity index (χ4v) is 4.17. The predicted octanol–water partition coefficient (Wildman–Crippen LogP) is -2.44. The summed E-state index contributed by atoms with van der Waals surface area (Å²) in [5.74, 6) is -0.231. The maximum atomic E-state index is 11.3. The van der Waals surface area contributed by atoms with Crippen LogP contribution in [0.25, 0.3) is 0 Å². The van der Waals surface area contributed by atoms with E-state index in [0.29, 0.717) is 12.8 Å². The van der Waals surface area contributed by atoms with Crippen LogP contribution in [0.3, 0.4) is 0 Å². The number of rotatable bonds is 12. The number of unbranched alkanes of at least 4 members (excludes halogenated alkanes) is 5. The highest BCUT2D eigenvalue weighted by Gasteiger charge is 2.63. The summed E-state index contributed by atoms with van der Waals surface area (Å²) in [6.07, 6.45) is -7.82. The molecule has 2 aliphatic heterocycles. The maximum Gasteiger partial charge on any atom is 0.305 e. The lowest BCUT2D eigenvalue weighted by Crippen LogP contribution is -2.76. The number of carbonyl (C=O) groups is 1. The van der Waals surface area contributed by atoms with E-state index in [-0.39, 0.29) is 12.6 Å². The third-order valence-corrected chi connectivity index (χ3v) is 6.26. The van der Waals surface area contributed by atoms with E-state index in [1.165, 1.54) is 7.11 Å². The van der Waals surface area contributed by atoms with E-state index in [1.807, 2.05) is 0 Å². The van der Waals surface area contributed by atoms with E-state index < -0.39 is 67.8 Å². The highest BCUT2D eigenvalue weighted by atomic mass is 16.7. The first-order chi connectivity index (χ1) is 15.7. The van der Waals surface area contributed by atoms with E-state index in [4.69, 9.17) is 14.2 Å². The van der Waals surface area contributed by atoms with Crippen LogP contribution < -0.4 is 0 Å². The maximum absolute atomic E-state index is 11.3. The first kappa shape index (κ1) is 28.3. The van der Waals surface area contributed by atoms with Crippen molar-refractivity contribution in [3.63, 3.8) is 0 Å². The van der Waals surface area contributed by atoms with Gasteiger partial charge in [0, 0.05) is 13.0 Å². The molecule has 2 saturated heterocycles. The molecule has 12 nitrogen and oxygen atoms in total. The highest BCUT2D eigenvalue weighted by molar-refractivity contribution is 5.68. The van der Waals surface area contributed by atoms with Gasteiger partial charge in [0.15, 0.2) is 11.9 Å². The minimum absolute atomic E-state index is 0.101. The molecule has 0 spiro atoms. The number of carbonyl (C=O) groups excluding carboxylic acids is 1. The Morgan fingerprint density at radius 1 is 0.970 bits per heavy atom. The predicted molar refractivity (Wildman–Crippen MR) is 111 cm³/mol. The zero-order valence-electron chi connectivity index (χ0n) is 18.9. The molecular weight excluding hydrogens is 444 g/mol. The van der Waals surface area contributed by atoms with Gasteiger partial charge >= 0.3 is 5.97 Å². The summed E-state index contributed by atoms with van der Waals surface area (Å²) < 4.78 is 21.0. The van der Waals surface area contributed by atoms with Crippen molar-refractivity contribution >= 4 is 5.97 Å². The summed E-state index contributed by atoms with van der Waals surface area (Å²) in [4.78, 5) is 11.1. The number of hydrogen-bond donors (Lipinski definition) is 7. The second kappa shape index (κ2) is 13.2. The fourth-order valence-electron chi connectivity index (χ4n) is 4.17. The van der Waals surface area contributed by atoms with Crippen molar-refractivity contribution in [3.8, 4) is 0 Å². The van der Waals surface area contributed by atoms with E-state index in [9.17, 15) is 40.5 Å². The summed E-state index contributed by atoms with van der Waals surface area (Å²) in [5.41, 5.74) is -2.49. The van der Waals surface area contributed by atoms with Gasteiger partial charge in [0.1, 0.15) is 42.7 Å². The molecule has 0 amide bonds. The molecule has 2 aliphatic rings. The van der Waals surface area contributed by atoms with Crippen molar-refractivity contribution in [2.45, 2.75) is 99.6 Å². The van der Waals surface area contributed by atoms with Crippen LogP contribution in [0, 0.1) is 0 Å². The van der Waals surface area contributed by atoms with E-state index >= 15 is 0 Å². The molecule has 2 heterocycles. The zero-order chi connectivity index (χ0) is 24.6. The van der Waals surface area contributed by atoms with Crippen LogP contribution in [0.15, 0.2) is 0 Å². The fraction of sp³-hybridized carbons (Fsp3) is 0.952. The molecule has 0 unspecified atom stereocenters. The van der Waals surface area contributed by atoms with Gasteiger partial charge in [-0.25, -0.2) is 0 Å². The van der Waals surface area contributed by atoms with Gasteiger partial charge in [-0.3, -0.25) is 4.79 Å². The third kappa shape index (κ3) is 6.82. The van der Waals surface area contributed by atoms with Crippen molar-refractivity contribution in [2.24, 2.45) is 0 Å². The third-order valence-electron chi connectivity index (χ3n) is 6.26. The van der Waals surface area contributed by atoms with Crippen LogP contribution in [0.5, 0.6) is 0 Å². The normalized spacial score (nSPS) is 39.4. The van der Waals surface area contributed by atoms with Crippen LogP contribution in [0.2, 0.25) is 0 Å². The topological polar surface area (TPSA) is 196 Å². The molecule has 12 heteroatoms. The lowest BCUT2D eigenvalue weighted by molar-refractivity contribution is -0.379. The molecule has 194 valence electrons. The van der Waals surface area contributed by atoms with Crippen molar-refractivity contribution in [1.82, 2.24) is 0 Å². The number of esters is 1. The van der Waals surface area contributed by atoms with Gasteiger partial charge < -0.3 is 54.7 Å². The van der Waals surface area contributed by atoms with Crippen LogP contribution in [-0.2, 0) is 23.7 Å². The molecular formula is C21H38O12. The van der Waals surface area contributed by atoms with E-state index in [2.05, 4.69) is 4.74 Å². The molecule has 0 saturated carbocycles. The molecule has 2 rings (SSSR count). The molecule has 0 radical (unpaired) electrons. The molecule has 33 heavy (non-hydrogen) atoms. The number of aliphatic hydroxyl groups excluding tert-OH is 6. The summed E-state index contributed by atoms with van der Waals surface area (Å²) in [5, 5.41) is 71.7. The second-order valence-electron chi connectivity index (χ2n) is 8.63. The van der Waals surface area contributed by atoms with Gasteiger partial charge in [-0.2, -0.15) is 0 Å². The Morgan fingerprint density at radius 3 is 2.24 bits per heavy atom. The average Bonchev–Trinajstić information content (AvgIpc) is 2.81. The Balaban J connectivity index is 1.91. The molecule has 0 aromatic heterocycles. The molecule has 7 N–H and O–H groups in total. The zero-order valence-corrected chi connectivity index (χ0v) is 18.9. The average molecular weight is 483 g/mol. The molecule has 0 bridgehead atoms. The Morgan fingerprint density at radius 2 is 1.61 bits per heavy atom. The number of hydrogen-bond acceptors (Lipinski definition) is 12. The molecule has 2 fully saturated rings. The smallest absolute Gasteiger partial charge is 0.305 e. The lowest BCUT2D eigenvalue weighted by Gasteiger charge is -2.53. The van der Waals surface area contributed by atoms with Gasteiger partial charge in [0.05, 0.1) is 20.3 Å². The summed E-state index contributed by atoms with van der Waals surface area (Å²) in [7, 11) is 1.36. The standard InChI is InChI=1S/C21H38O12/c1-30-14(24)8-6-4-2-3-5-7-9-31-20-21(29,18(28)16(26)13(10-22)33-20)19-17(27)15(25)12(23)11-32-19/h12-13,15-20,22-23,25-29H,2-11H2,1H3/t12-,13-,15+,16-,17-,18+,19-,20+,21+/m1/s1. The van der Waals surface area contributed by atoms with Gasteiger partial charge in [-0.1, -0.05) is 25.7 Å². The highest BCUT2D eigenvalue weighted by Crippen LogP contribution is 2.38. The van der Waals surface area contributed by atoms with Gasteiger partial charge in [0.25, 0.3) is 0 Å². The van der Waals surface area contributed by atoms with Gasteiger partial charge in [-0.15, -0.1) is 0 Å². The van der Waals surface area contributed by atoms with Gasteiger partial charge in [-0.05, 0) is 12.8 Å². The number of methoxy groups -OCH3 is 1. The Hall–Kier alpha value is -0.930. The van der Waals surface area contributed by atoms with Crippen LogP contribution in [0.1, 0.15) is 44.9 Å².